The Morgan fingerprint density at radius 3 is 2.44 bits per heavy atom. The zero-order valence-electron chi connectivity index (χ0n) is 9.66. The third-order valence-electron chi connectivity index (χ3n) is 3.16. The number of primary amides is 1. The zero-order chi connectivity index (χ0) is 12.2. The summed E-state index contributed by atoms with van der Waals surface area (Å²) in [6, 6.07) is 0. The highest BCUT2D eigenvalue weighted by Gasteiger charge is 2.41. The van der Waals surface area contributed by atoms with E-state index >= 15 is 0 Å². The minimum absolute atomic E-state index is 0.175. The zero-order valence-corrected chi connectivity index (χ0v) is 10.6. The van der Waals surface area contributed by atoms with E-state index < -0.39 is 11.4 Å². The van der Waals surface area contributed by atoms with Gasteiger partial charge in [-0.25, -0.2) is 0 Å². The Bertz CT molecular complexity index is 275. The molecule has 0 radical (unpaired) electrons. The smallest absolute Gasteiger partial charge is 0.243 e. The summed E-state index contributed by atoms with van der Waals surface area (Å²) in [6.45, 7) is 2.00. The van der Waals surface area contributed by atoms with Gasteiger partial charge in [-0.15, -0.1) is 0 Å². The van der Waals surface area contributed by atoms with Crippen molar-refractivity contribution in [3.63, 3.8) is 0 Å². The standard InChI is InChI=1S/C11H20N2O2S/c1-2-5-8(16)9(14)13-11(10(12)15)6-3-4-7-11/h8,16H,2-7H2,1H3,(H2,12,15)(H,13,14). The average Bonchev–Trinajstić information content (AvgIpc) is 2.68. The van der Waals surface area contributed by atoms with Crippen LogP contribution < -0.4 is 11.1 Å². The number of hydrogen-bond donors (Lipinski definition) is 3. The third-order valence-corrected chi connectivity index (χ3v) is 3.65. The summed E-state index contributed by atoms with van der Waals surface area (Å²) in [4.78, 5) is 23.2. The normalized spacial score (nSPS) is 20.4. The SMILES string of the molecule is CCCC(S)C(=O)NC1(C(N)=O)CCCC1. The molecule has 1 saturated carbocycles. The van der Waals surface area contributed by atoms with Gasteiger partial charge in [0.2, 0.25) is 11.8 Å². The predicted molar refractivity (Wildman–Crippen MR) is 66.2 cm³/mol. The number of thiol groups is 1. The van der Waals surface area contributed by atoms with Gasteiger partial charge in [0.15, 0.2) is 0 Å². The topological polar surface area (TPSA) is 72.2 Å². The molecule has 0 saturated heterocycles. The molecule has 2 amide bonds. The van der Waals surface area contributed by atoms with E-state index in [9.17, 15) is 9.59 Å². The molecule has 1 atom stereocenters. The molecule has 4 nitrogen and oxygen atoms in total. The molecule has 0 spiro atoms. The molecule has 3 N–H and O–H groups in total. The van der Waals surface area contributed by atoms with Gasteiger partial charge in [0.05, 0.1) is 5.25 Å². The van der Waals surface area contributed by atoms with E-state index in [0.717, 1.165) is 19.3 Å². The van der Waals surface area contributed by atoms with Gasteiger partial charge in [-0.1, -0.05) is 26.2 Å². The minimum atomic E-state index is -0.814. The number of hydrogen-bond acceptors (Lipinski definition) is 3. The lowest BCUT2D eigenvalue weighted by Gasteiger charge is -2.27. The minimum Gasteiger partial charge on any atom is -0.368 e. The van der Waals surface area contributed by atoms with Crippen molar-refractivity contribution in [1.82, 2.24) is 5.32 Å². The number of amides is 2. The van der Waals surface area contributed by atoms with Gasteiger partial charge in [0, 0.05) is 0 Å². The van der Waals surface area contributed by atoms with Crippen molar-refractivity contribution in [3.05, 3.63) is 0 Å². The van der Waals surface area contributed by atoms with Crippen LogP contribution in [-0.2, 0) is 9.59 Å². The van der Waals surface area contributed by atoms with Crippen molar-refractivity contribution in [2.75, 3.05) is 0 Å². The van der Waals surface area contributed by atoms with Crippen LogP contribution in [0.15, 0.2) is 0 Å². The molecular weight excluding hydrogens is 224 g/mol. The summed E-state index contributed by atoms with van der Waals surface area (Å²) in [6.07, 6.45) is 4.79. The third kappa shape index (κ3) is 2.90. The molecule has 0 bridgehead atoms. The van der Waals surface area contributed by atoms with Gasteiger partial charge in [0.25, 0.3) is 0 Å². The summed E-state index contributed by atoms with van der Waals surface area (Å²) in [7, 11) is 0. The van der Waals surface area contributed by atoms with Crippen LogP contribution >= 0.6 is 12.6 Å². The Labute approximate surface area is 102 Å². The van der Waals surface area contributed by atoms with Crippen LogP contribution in [0.4, 0.5) is 0 Å². The van der Waals surface area contributed by atoms with Crippen LogP contribution in [0.3, 0.4) is 0 Å². The highest BCUT2D eigenvalue weighted by molar-refractivity contribution is 7.81. The number of rotatable bonds is 5. The van der Waals surface area contributed by atoms with Crippen LogP contribution in [0.1, 0.15) is 45.4 Å². The van der Waals surface area contributed by atoms with E-state index in [1.54, 1.807) is 0 Å². The van der Waals surface area contributed by atoms with Gasteiger partial charge in [-0.3, -0.25) is 9.59 Å². The summed E-state index contributed by atoms with van der Waals surface area (Å²) in [5.41, 5.74) is 4.56. The van der Waals surface area contributed by atoms with E-state index in [2.05, 4.69) is 17.9 Å². The second kappa shape index (κ2) is 5.57. The summed E-state index contributed by atoms with van der Waals surface area (Å²) in [5.74, 6) is -0.596. The monoisotopic (exact) mass is 244 g/mol. The van der Waals surface area contributed by atoms with Gasteiger partial charge in [-0.2, -0.15) is 12.6 Å². The number of carbonyl (C=O) groups is 2. The van der Waals surface area contributed by atoms with E-state index in [4.69, 9.17) is 5.73 Å². The van der Waals surface area contributed by atoms with Crippen molar-refractivity contribution in [2.45, 2.75) is 56.2 Å². The van der Waals surface area contributed by atoms with Crippen LogP contribution in [0.25, 0.3) is 0 Å². The van der Waals surface area contributed by atoms with E-state index in [1.165, 1.54) is 0 Å². The lowest BCUT2D eigenvalue weighted by atomic mass is 9.96. The highest BCUT2D eigenvalue weighted by atomic mass is 32.1. The Kier molecular flexibility index (Phi) is 4.65. The molecule has 5 heteroatoms. The molecule has 1 aliphatic rings. The first kappa shape index (κ1) is 13.4. The average molecular weight is 244 g/mol. The van der Waals surface area contributed by atoms with E-state index in [0.29, 0.717) is 19.3 Å². The van der Waals surface area contributed by atoms with Crippen molar-refractivity contribution in [1.29, 1.82) is 0 Å². The number of carbonyl (C=O) groups excluding carboxylic acids is 2. The lowest BCUT2D eigenvalue weighted by Crippen LogP contribution is -2.57. The van der Waals surface area contributed by atoms with Crippen molar-refractivity contribution in [2.24, 2.45) is 5.73 Å². The Morgan fingerprint density at radius 2 is 2.00 bits per heavy atom. The largest absolute Gasteiger partial charge is 0.368 e. The molecule has 0 aromatic heterocycles. The maximum atomic E-state index is 11.8. The van der Waals surface area contributed by atoms with Crippen LogP contribution in [0, 0.1) is 0 Å². The Morgan fingerprint density at radius 1 is 1.44 bits per heavy atom. The van der Waals surface area contributed by atoms with Gasteiger partial charge < -0.3 is 11.1 Å². The fraction of sp³-hybridized carbons (Fsp3) is 0.818. The first-order valence-electron chi connectivity index (χ1n) is 5.82. The van der Waals surface area contributed by atoms with Gasteiger partial charge in [-0.05, 0) is 19.3 Å². The molecule has 1 rings (SSSR count). The van der Waals surface area contributed by atoms with Crippen LogP contribution in [0.5, 0.6) is 0 Å². The molecule has 16 heavy (non-hydrogen) atoms. The quantitative estimate of drug-likeness (QED) is 0.631. The highest BCUT2D eigenvalue weighted by Crippen LogP contribution is 2.29. The second-order valence-corrected chi connectivity index (χ2v) is 5.07. The van der Waals surface area contributed by atoms with Gasteiger partial charge in [0.1, 0.15) is 5.54 Å². The van der Waals surface area contributed by atoms with E-state index in [-0.39, 0.29) is 11.2 Å². The molecule has 1 fully saturated rings. The Balaban J connectivity index is 2.62. The second-order valence-electron chi connectivity index (χ2n) is 4.45. The van der Waals surface area contributed by atoms with Crippen LogP contribution in [-0.4, -0.2) is 22.6 Å². The van der Waals surface area contributed by atoms with Crippen molar-refractivity contribution < 1.29 is 9.59 Å². The number of nitrogens with one attached hydrogen (secondary N) is 1. The van der Waals surface area contributed by atoms with Crippen LogP contribution in [0.2, 0.25) is 0 Å². The molecule has 0 heterocycles. The molecule has 1 aliphatic carbocycles. The predicted octanol–water partition coefficient (Wildman–Crippen LogP) is 0.999. The molecule has 0 aromatic carbocycles. The number of nitrogens with two attached hydrogens (primary N) is 1. The molecule has 92 valence electrons. The van der Waals surface area contributed by atoms with Crippen molar-refractivity contribution in [3.8, 4) is 0 Å². The maximum absolute atomic E-state index is 11.8. The molecule has 0 aliphatic heterocycles. The summed E-state index contributed by atoms with van der Waals surface area (Å²) < 4.78 is 0. The first-order chi connectivity index (χ1) is 7.52. The Hall–Kier alpha value is -0.710. The molecular formula is C11H20N2O2S. The molecule has 1 unspecified atom stereocenters. The lowest BCUT2D eigenvalue weighted by molar-refractivity contribution is -0.131. The summed E-state index contributed by atoms with van der Waals surface area (Å²) in [5, 5.41) is 2.44. The van der Waals surface area contributed by atoms with E-state index in [1.807, 2.05) is 6.92 Å². The van der Waals surface area contributed by atoms with Gasteiger partial charge >= 0.3 is 0 Å². The fourth-order valence-electron chi connectivity index (χ4n) is 2.14. The summed E-state index contributed by atoms with van der Waals surface area (Å²) >= 11 is 4.22. The molecule has 0 aromatic rings. The maximum Gasteiger partial charge on any atom is 0.243 e. The first-order valence-corrected chi connectivity index (χ1v) is 6.33. The fourth-order valence-corrected chi connectivity index (χ4v) is 2.46. The van der Waals surface area contributed by atoms with Crippen molar-refractivity contribution >= 4 is 24.4 Å².